The molecule has 1 saturated heterocycles. The summed E-state index contributed by atoms with van der Waals surface area (Å²) in [5.41, 5.74) is 3.37. The van der Waals surface area contributed by atoms with Gasteiger partial charge in [-0.3, -0.25) is 14.7 Å². The number of aromatic amines is 1. The van der Waals surface area contributed by atoms with Crippen molar-refractivity contribution in [3.05, 3.63) is 65.5 Å². The number of carbonyl (C=O) groups excluding carboxylic acids is 2. The predicted molar refractivity (Wildman–Crippen MR) is 122 cm³/mol. The number of amides is 2. The number of aryl methyl sites for hydroxylation is 1. The number of benzene rings is 2. The summed E-state index contributed by atoms with van der Waals surface area (Å²) in [6.07, 6.45) is 3.91. The quantitative estimate of drug-likeness (QED) is 0.637. The minimum Gasteiger partial charge on any atom is -0.338 e. The molecular formula is C25H27N5O2. The van der Waals surface area contributed by atoms with Gasteiger partial charge in [0, 0.05) is 35.8 Å². The average molecular weight is 430 g/mol. The fraction of sp³-hybridized carbons (Fsp3) is 0.360. The number of carbonyl (C=O) groups is 2. The van der Waals surface area contributed by atoms with Gasteiger partial charge in [-0.1, -0.05) is 29.8 Å². The molecule has 7 nitrogen and oxygen atoms in total. The summed E-state index contributed by atoms with van der Waals surface area (Å²) < 4.78 is 0. The summed E-state index contributed by atoms with van der Waals surface area (Å²) >= 11 is 0. The van der Waals surface area contributed by atoms with Crippen molar-refractivity contribution in [2.75, 3.05) is 18.4 Å². The molecule has 2 heterocycles. The first-order valence-electron chi connectivity index (χ1n) is 11.3. The molecule has 2 aromatic carbocycles. The smallest absolute Gasteiger partial charge is 0.253 e. The minimum atomic E-state index is -0.230. The van der Waals surface area contributed by atoms with E-state index in [1.807, 2.05) is 55.5 Å². The summed E-state index contributed by atoms with van der Waals surface area (Å²) in [6, 6.07) is 15.2. The Labute approximate surface area is 187 Å². The van der Waals surface area contributed by atoms with Crippen molar-refractivity contribution >= 4 is 17.5 Å². The Hall–Kier alpha value is -3.48. The minimum absolute atomic E-state index is 0.0134. The lowest BCUT2D eigenvalue weighted by Gasteiger charge is -2.32. The normalized spacial score (nSPS) is 18.4. The number of H-pyrrole nitrogens is 1. The number of likely N-dealkylation sites (tertiary alicyclic amines) is 1. The molecule has 164 valence electrons. The first kappa shape index (κ1) is 20.4. The van der Waals surface area contributed by atoms with Crippen molar-refractivity contribution in [2.24, 2.45) is 5.92 Å². The molecule has 0 spiro atoms. The van der Waals surface area contributed by atoms with Gasteiger partial charge in [-0.15, -0.1) is 0 Å². The first-order chi connectivity index (χ1) is 15.6. The van der Waals surface area contributed by atoms with Gasteiger partial charge in [0.1, 0.15) is 5.82 Å². The number of nitrogens with one attached hydrogen (secondary N) is 2. The van der Waals surface area contributed by atoms with Crippen molar-refractivity contribution in [3.63, 3.8) is 0 Å². The summed E-state index contributed by atoms with van der Waals surface area (Å²) in [5.74, 6) is 1.80. The zero-order chi connectivity index (χ0) is 22.1. The number of hydrogen-bond acceptors (Lipinski definition) is 4. The van der Waals surface area contributed by atoms with Crippen LogP contribution in [0.4, 0.5) is 5.69 Å². The van der Waals surface area contributed by atoms with Crippen molar-refractivity contribution in [2.45, 2.75) is 38.5 Å². The molecule has 2 fully saturated rings. The molecular weight excluding hydrogens is 402 g/mol. The van der Waals surface area contributed by atoms with Crippen LogP contribution < -0.4 is 5.32 Å². The highest BCUT2D eigenvalue weighted by Gasteiger charge is 2.29. The summed E-state index contributed by atoms with van der Waals surface area (Å²) in [5, 5.41) is 10.4. The second kappa shape index (κ2) is 8.57. The van der Waals surface area contributed by atoms with Gasteiger partial charge >= 0.3 is 0 Å². The maximum absolute atomic E-state index is 13.0. The van der Waals surface area contributed by atoms with E-state index in [1.54, 1.807) is 4.90 Å². The van der Waals surface area contributed by atoms with Crippen LogP contribution in [0.15, 0.2) is 48.5 Å². The van der Waals surface area contributed by atoms with Gasteiger partial charge in [0.05, 0.1) is 5.92 Å². The van der Waals surface area contributed by atoms with Crippen LogP contribution in [-0.2, 0) is 4.79 Å². The van der Waals surface area contributed by atoms with Gasteiger partial charge in [-0.25, -0.2) is 4.98 Å². The molecule has 2 amide bonds. The molecule has 2 N–H and O–H groups in total. The molecule has 7 heteroatoms. The zero-order valence-electron chi connectivity index (χ0n) is 18.2. The van der Waals surface area contributed by atoms with E-state index in [0.717, 1.165) is 42.6 Å². The van der Waals surface area contributed by atoms with Crippen LogP contribution in [0.25, 0.3) is 11.4 Å². The lowest BCUT2D eigenvalue weighted by molar-refractivity contribution is -0.121. The molecule has 3 aromatic rings. The molecule has 1 aliphatic carbocycles. The van der Waals surface area contributed by atoms with Crippen LogP contribution in [0.2, 0.25) is 0 Å². The molecule has 1 saturated carbocycles. The average Bonchev–Trinajstić information content (AvgIpc) is 3.55. The SMILES string of the molecule is Cc1ccc(C(=O)N2CCCC(C(=O)Nc3cccc(-c4n[nH]c(C5CC5)n4)c3)C2)cc1. The first-order valence-corrected chi connectivity index (χ1v) is 11.3. The van der Waals surface area contributed by atoms with Crippen LogP contribution in [0, 0.1) is 12.8 Å². The maximum atomic E-state index is 13.0. The van der Waals surface area contributed by atoms with E-state index in [9.17, 15) is 9.59 Å². The van der Waals surface area contributed by atoms with Gasteiger partial charge < -0.3 is 10.2 Å². The monoisotopic (exact) mass is 429 g/mol. The van der Waals surface area contributed by atoms with E-state index >= 15 is 0 Å². The van der Waals surface area contributed by atoms with E-state index in [0.29, 0.717) is 36.1 Å². The van der Waals surface area contributed by atoms with E-state index < -0.39 is 0 Å². The Balaban J connectivity index is 1.24. The van der Waals surface area contributed by atoms with Crippen LogP contribution in [0.3, 0.4) is 0 Å². The Bertz CT molecular complexity index is 1130. The second-order valence-electron chi connectivity index (χ2n) is 8.84. The number of rotatable bonds is 5. The molecule has 5 rings (SSSR count). The largest absolute Gasteiger partial charge is 0.338 e. The van der Waals surface area contributed by atoms with Gasteiger partial charge in [0.2, 0.25) is 5.91 Å². The molecule has 1 aromatic heterocycles. The summed E-state index contributed by atoms with van der Waals surface area (Å²) in [6.45, 7) is 3.11. The third kappa shape index (κ3) is 4.42. The lowest BCUT2D eigenvalue weighted by atomic mass is 9.96. The highest BCUT2D eigenvalue weighted by molar-refractivity contribution is 5.96. The van der Waals surface area contributed by atoms with E-state index in [2.05, 4.69) is 20.5 Å². The van der Waals surface area contributed by atoms with Crippen LogP contribution in [-0.4, -0.2) is 45.0 Å². The van der Waals surface area contributed by atoms with Crippen molar-refractivity contribution in [1.29, 1.82) is 0 Å². The van der Waals surface area contributed by atoms with E-state index in [4.69, 9.17) is 0 Å². The summed E-state index contributed by atoms with van der Waals surface area (Å²) in [4.78, 5) is 32.2. The third-order valence-corrected chi connectivity index (χ3v) is 6.23. The molecule has 0 radical (unpaired) electrons. The van der Waals surface area contributed by atoms with Gasteiger partial charge in [-0.05, 0) is 56.9 Å². The van der Waals surface area contributed by atoms with Crippen molar-refractivity contribution in [1.82, 2.24) is 20.1 Å². The Morgan fingerprint density at radius 3 is 2.69 bits per heavy atom. The third-order valence-electron chi connectivity index (χ3n) is 6.23. The fourth-order valence-corrected chi connectivity index (χ4v) is 4.18. The van der Waals surface area contributed by atoms with E-state index in [-0.39, 0.29) is 17.7 Å². The molecule has 1 unspecified atom stereocenters. The lowest BCUT2D eigenvalue weighted by Crippen LogP contribution is -2.43. The van der Waals surface area contributed by atoms with Crippen LogP contribution >= 0.6 is 0 Å². The van der Waals surface area contributed by atoms with Gasteiger partial charge in [-0.2, -0.15) is 5.10 Å². The highest BCUT2D eigenvalue weighted by atomic mass is 16.2. The van der Waals surface area contributed by atoms with Gasteiger partial charge in [0.15, 0.2) is 5.82 Å². The predicted octanol–water partition coefficient (Wildman–Crippen LogP) is 4.15. The van der Waals surface area contributed by atoms with E-state index in [1.165, 1.54) is 0 Å². The Kier molecular flexibility index (Phi) is 5.47. The number of nitrogens with zero attached hydrogens (tertiary/aromatic N) is 3. The Morgan fingerprint density at radius 2 is 1.91 bits per heavy atom. The molecule has 0 bridgehead atoms. The zero-order valence-corrected chi connectivity index (χ0v) is 18.2. The number of piperidine rings is 1. The molecule has 2 aliphatic rings. The summed E-state index contributed by atoms with van der Waals surface area (Å²) in [7, 11) is 0. The maximum Gasteiger partial charge on any atom is 0.253 e. The molecule has 32 heavy (non-hydrogen) atoms. The van der Waals surface area contributed by atoms with Crippen molar-refractivity contribution in [3.8, 4) is 11.4 Å². The van der Waals surface area contributed by atoms with Gasteiger partial charge in [0.25, 0.3) is 5.91 Å². The molecule has 1 atom stereocenters. The number of hydrogen-bond donors (Lipinski definition) is 2. The van der Waals surface area contributed by atoms with Crippen LogP contribution in [0.5, 0.6) is 0 Å². The highest BCUT2D eigenvalue weighted by Crippen LogP contribution is 2.38. The van der Waals surface area contributed by atoms with Crippen LogP contribution in [0.1, 0.15) is 53.3 Å². The topological polar surface area (TPSA) is 91.0 Å². The molecule has 1 aliphatic heterocycles. The second-order valence-corrected chi connectivity index (χ2v) is 8.84. The fourth-order valence-electron chi connectivity index (χ4n) is 4.18. The standard InChI is InChI=1S/C25H27N5O2/c1-16-7-9-18(10-8-16)25(32)30-13-3-5-20(15-30)24(31)26-21-6-2-4-19(14-21)23-27-22(28-29-23)17-11-12-17/h2,4,6-10,14,17,20H,3,5,11-13,15H2,1H3,(H,26,31)(H,27,28,29). The van der Waals surface area contributed by atoms with Crippen molar-refractivity contribution < 1.29 is 9.59 Å². The number of anilines is 1. The number of aromatic nitrogens is 3. The Morgan fingerprint density at radius 1 is 1.09 bits per heavy atom.